The number of ketones is 1. The maximum Gasteiger partial charge on any atom is 0.328 e. The van der Waals surface area contributed by atoms with Crippen LogP contribution >= 0.6 is 0 Å². The quantitative estimate of drug-likeness (QED) is 0.519. The minimum Gasteiger partial charge on any atom is -0.490 e. The second-order valence-electron chi connectivity index (χ2n) is 5.65. The van der Waals surface area contributed by atoms with Crippen molar-refractivity contribution in [1.29, 1.82) is 0 Å². The zero-order valence-electron chi connectivity index (χ0n) is 12.2. The van der Waals surface area contributed by atoms with Crippen molar-refractivity contribution in [2.45, 2.75) is 31.5 Å². The number of carbonyl (C=O) groups is 4. The van der Waals surface area contributed by atoms with Crippen molar-refractivity contribution in [3.05, 3.63) is 29.3 Å². The second kappa shape index (κ2) is 5.17. The molecule has 0 saturated carbocycles. The largest absolute Gasteiger partial charge is 0.490 e. The Kier molecular flexibility index (Phi) is 3.41. The van der Waals surface area contributed by atoms with E-state index in [4.69, 9.17) is 4.74 Å². The molecule has 3 N–H and O–H groups in total. The number of amides is 4. The smallest absolute Gasteiger partial charge is 0.328 e. The number of barbiturate groups is 1. The summed E-state index contributed by atoms with van der Waals surface area (Å²) >= 11 is 0. The number of Topliss-reactive ketones (excluding diaryl/α,β-unsaturated/α-hetero) is 1. The number of fused-ring (bicyclic) bond motifs is 1. The van der Waals surface area contributed by atoms with Crippen LogP contribution < -0.4 is 15.4 Å². The Morgan fingerprint density at radius 1 is 1.30 bits per heavy atom. The number of hydrogen-bond acceptors (Lipinski definition) is 6. The van der Waals surface area contributed by atoms with E-state index >= 15 is 0 Å². The average molecular weight is 318 g/mol. The summed E-state index contributed by atoms with van der Waals surface area (Å²) in [5, 5.41) is 13.7. The van der Waals surface area contributed by atoms with E-state index < -0.39 is 35.7 Å². The normalized spacial score (nSPS) is 22.0. The summed E-state index contributed by atoms with van der Waals surface area (Å²) in [4.78, 5) is 46.8. The molecule has 2 heterocycles. The molecule has 1 aromatic carbocycles. The Balaban J connectivity index is 1.82. The van der Waals surface area contributed by atoms with Crippen LogP contribution in [0.2, 0.25) is 0 Å². The van der Waals surface area contributed by atoms with E-state index in [-0.39, 0.29) is 11.7 Å². The van der Waals surface area contributed by atoms with E-state index in [0.29, 0.717) is 12.2 Å². The van der Waals surface area contributed by atoms with Crippen LogP contribution in [0.5, 0.6) is 5.75 Å². The van der Waals surface area contributed by atoms with Gasteiger partial charge in [0.2, 0.25) is 5.60 Å². The van der Waals surface area contributed by atoms with Crippen LogP contribution in [-0.4, -0.2) is 40.4 Å². The topological polar surface area (TPSA) is 122 Å². The standard InChI is InChI=1S/C15H14N2O6/c1-7-4-9-5-8(2-3-11(9)23-7)10(18)6-15(22)12(19)16-14(21)17-13(15)20/h2-3,5,7,22H,4,6H2,1H3,(H2,16,17,19,20,21). The molecular formula is C15H14N2O6. The van der Waals surface area contributed by atoms with Gasteiger partial charge in [-0.15, -0.1) is 0 Å². The number of ether oxygens (including phenoxy) is 1. The maximum absolute atomic E-state index is 12.3. The highest BCUT2D eigenvalue weighted by Crippen LogP contribution is 2.30. The number of hydrogen-bond donors (Lipinski definition) is 3. The monoisotopic (exact) mass is 318 g/mol. The lowest BCUT2D eigenvalue weighted by atomic mass is 9.90. The zero-order chi connectivity index (χ0) is 16.8. The van der Waals surface area contributed by atoms with Gasteiger partial charge in [-0.25, -0.2) is 4.79 Å². The van der Waals surface area contributed by atoms with Crippen LogP contribution in [0.1, 0.15) is 29.3 Å². The molecule has 3 rings (SSSR count). The SMILES string of the molecule is CC1Cc2cc(C(=O)CC3(O)C(=O)NC(=O)NC3=O)ccc2O1. The summed E-state index contributed by atoms with van der Waals surface area (Å²) < 4.78 is 5.53. The van der Waals surface area contributed by atoms with Gasteiger partial charge in [-0.2, -0.15) is 0 Å². The summed E-state index contributed by atoms with van der Waals surface area (Å²) in [6, 6.07) is 3.74. The highest BCUT2D eigenvalue weighted by atomic mass is 16.5. The number of nitrogens with one attached hydrogen (secondary N) is 2. The van der Waals surface area contributed by atoms with E-state index in [0.717, 1.165) is 5.56 Å². The van der Waals surface area contributed by atoms with E-state index in [1.807, 2.05) is 6.92 Å². The average Bonchev–Trinajstić information content (AvgIpc) is 2.84. The van der Waals surface area contributed by atoms with Crippen LogP contribution in [0.3, 0.4) is 0 Å². The predicted molar refractivity (Wildman–Crippen MR) is 75.8 cm³/mol. The fraction of sp³-hybridized carbons (Fsp3) is 0.333. The zero-order valence-corrected chi connectivity index (χ0v) is 12.2. The fourth-order valence-electron chi connectivity index (χ4n) is 2.64. The van der Waals surface area contributed by atoms with Crippen LogP contribution in [0, 0.1) is 0 Å². The Morgan fingerprint density at radius 3 is 2.61 bits per heavy atom. The highest BCUT2D eigenvalue weighted by molar-refractivity contribution is 6.23. The van der Waals surface area contributed by atoms with Gasteiger partial charge in [0.15, 0.2) is 5.78 Å². The molecule has 4 amide bonds. The number of benzene rings is 1. The number of rotatable bonds is 3. The minimum atomic E-state index is -2.60. The van der Waals surface area contributed by atoms with Crippen LogP contribution in [-0.2, 0) is 16.0 Å². The summed E-state index contributed by atoms with van der Waals surface area (Å²) in [6.45, 7) is 1.90. The first-order valence-corrected chi connectivity index (χ1v) is 7.01. The van der Waals surface area contributed by atoms with Crippen LogP contribution in [0.15, 0.2) is 18.2 Å². The van der Waals surface area contributed by atoms with Gasteiger partial charge in [0.25, 0.3) is 11.8 Å². The van der Waals surface area contributed by atoms with Gasteiger partial charge in [0.1, 0.15) is 11.9 Å². The predicted octanol–water partition coefficient (Wildman–Crippen LogP) is -0.320. The van der Waals surface area contributed by atoms with E-state index in [2.05, 4.69) is 0 Å². The molecule has 1 fully saturated rings. The first-order chi connectivity index (χ1) is 10.8. The molecule has 8 nitrogen and oxygen atoms in total. The highest BCUT2D eigenvalue weighted by Gasteiger charge is 2.50. The molecule has 1 aromatic rings. The van der Waals surface area contributed by atoms with Gasteiger partial charge in [0, 0.05) is 12.0 Å². The van der Waals surface area contributed by atoms with Gasteiger partial charge >= 0.3 is 6.03 Å². The summed E-state index contributed by atoms with van der Waals surface area (Å²) in [5.41, 5.74) is -1.50. The number of aliphatic hydroxyl groups is 1. The Morgan fingerprint density at radius 2 is 1.96 bits per heavy atom. The third-order valence-corrected chi connectivity index (χ3v) is 3.84. The van der Waals surface area contributed by atoms with E-state index in [1.54, 1.807) is 22.8 Å². The molecule has 1 unspecified atom stereocenters. The van der Waals surface area contributed by atoms with Gasteiger partial charge < -0.3 is 9.84 Å². The van der Waals surface area contributed by atoms with Crippen molar-refractivity contribution in [2.75, 3.05) is 0 Å². The molecule has 2 aliphatic rings. The molecule has 8 heteroatoms. The van der Waals surface area contributed by atoms with E-state index in [9.17, 15) is 24.3 Å². The molecule has 1 atom stereocenters. The molecule has 1 saturated heterocycles. The van der Waals surface area contributed by atoms with Crippen molar-refractivity contribution in [1.82, 2.24) is 10.6 Å². The summed E-state index contributed by atoms with van der Waals surface area (Å²) in [5.74, 6) is -2.32. The Bertz CT molecular complexity index is 721. The first kappa shape index (κ1) is 15.2. The van der Waals surface area contributed by atoms with Crippen LogP contribution in [0.25, 0.3) is 0 Å². The first-order valence-electron chi connectivity index (χ1n) is 7.01. The molecule has 120 valence electrons. The van der Waals surface area contributed by atoms with Crippen molar-refractivity contribution >= 4 is 23.6 Å². The molecular weight excluding hydrogens is 304 g/mol. The number of imide groups is 2. The second-order valence-corrected chi connectivity index (χ2v) is 5.65. The lowest BCUT2D eigenvalue weighted by Gasteiger charge is -2.28. The van der Waals surface area contributed by atoms with Gasteiger partial charge in [0.05, 0.1) is 6.42 Å². The Hall–Kier alpha value is -2.74. The van der Waals surface area contributed by atoms with Crippen molar-refractivity contribution in [3.8, 4) is 5.75 Å². The fourth-order valence-corrected chi connectivity index (χ4v) is 2.64. The molecule has 23 heavy (non-hydrogen) atoms. The minimum absolute atomic E-state index is 0.0143. The van der Waals surface area contributed by atoms with Gasteiger partial charge in [-0.3, -0.25) is 25.0 Å². The molecule has 0 radical (unpaired) electrons. The number of urea groups is 1. The summed E-state index contributed by atoms with van der Waals surface area (Å²) in [6.07, 6.45) is -0.0935. The van der Waals surface area contributed by atoms with Crippen molar-refractivity contribution in [2.24, 2.45) is 0 Å². The molecule has 2 aliphatic heterocycles. The molecule has 0 bridgehead atoms. The summed E-state index contributed by atoms with van der Waals surface area (Å²) in [7, 11) is 0. The molecule has 0 aliphatic carbocycles. The molecule has 0 aromatic heterocycles. The van der Waals surface area contributed by atoms with Crippen LogP contribution in [0.4, 0.5) is 4.79 Å². The van der Waals surface area contributed by atoms with Gasteiger partial charge in [-0.1, -0.05) is 0 Å². The third-order valence-electron chi connectivity index (χ3n) is 3.84. The lowest BCUT2D eigenvalue weighted by Crippen LogP contribution is -2.67. The number of carbonyl (C=O) groups excluding carboxylic acids is 4. The molecule has 0 spiro atoms. The lowest BCUT2D eigenvalue weighted by molar-refractivity contribution is -0.154. The van der Waals surface area contributed by atoms with Crippen molar-refractivity contribution < 1.29 is 29.0 Å². The van der Waals surface area contributed by atoms with Crippen molar-refractivity contribution in [3.63, 3.8) is 0 Å². The van der Waals surface area contributed by atoms with E-state index in [1.165, 1.54) is 6.07 Å². The Labute approximate surface area is 130 Å². The third kappa shape index (κ3) is 2.57. The maximum atomic E-state index is 12.3. The van der Waals surface area contributed by atoms with Gasteiger partial charge in [-0.05, 0) is 30.7 Å².